The number of benzene rings is 2. The Morgan fingerprint density at radius 2 is 1.65 bits per heavy atom. The van der Waals surface area contributed by atoms with Crippen LogP contribution in [0.3, 0.4) is 0 Å². The van der Waals surface area contributed by atoms with Gasteiger partial charge >= 0.3 is 12.1 Å². The number of carboxylic acids is 1. The number of amides is 2. The van der Waals surface area contributed by atoms with Crippen LogP contribution in [0.1, 0.15) is 36.3 Å². The highest BCUT2D eigenvalue weighted by atomic mass is 16.5. The molecule has 2 saturated heterocycles. The molecule has 2 N–H and O–H groups in total. The van der Waals surface area contributed by atoms with Crippen LogP contribution in [0.15, 0.2) is 48.5 Å². The monoisotopic (exact) mass is 420 g/mol. The first-order chi connectivity index (χ1) is 15.0. The van der Waals surface area contributed by atoms with E-state index < -0.39 is 18.0 Å². The van der Waals surface area contributed by atoms with Crippen LogP contribution in [0.5, 0.6) is 0 Å². The summed E-state index contributed by atoms with van der Waals surface area (Å²) in [5.74, 6) is -1.64. The topological polar surface area (TPSA) is 95.9 Å². The third-order valence-electron chi connectivity index (χ3n) is 6.87. The SMILES string of the molecule is O=C(NCC(=O)N1[C@H]2CC[C@@H]1[C@H](C(=O)O)C2)OCC1c2ccccc2-c2ccccc21. The lowest BCUT2D eigenvalue weighted by Gasteiger charge is -2.23. The number of hydrogen-bond donors (Lipinski definition) is 2. The van der Waals surface area contributed by atoms with Crippen molar-refractivity contribution in [3.05, 3.63) is 59.7 Å². The zero-order valence-corrected chi connectivity index (χ0v) is 17.0. The quantitative estimate of drug-likeness (QED) is 0.775. The summed E-state index contributed by atoms with van der Waals surface area (Å²) in [6.07, 6.45) is 1.39. The number of rotatable bonds is 5. The van der Waals surface area contributed by atoms with E-state index in [0.29, 0.717) is 12.8 Å². The minimum atomic E-state index is -0.852. The highest BCUT2D eigenvalue weighted by Crippen LogP contribution is 2.44. The molecule has 160 valence electrons. The number of ether oxygens (including phenoxy) is 1. The van der Waals surface area contributed by atoms with Crippen LogP contribution in [0.25, 0.3) is 11.1 Å². The second-order valence-corrected chi connectivity index (χ2v) is 8.46. The van der Waals surface area contributed by atoms with Gasteiger partial charge in [0.1, 0.15) is 13.2 Å². The van der Waals surface area contributed by atoms with Crippen molar-refractivity contribution < 1.29 is 24.2 Å². The van der Waals surface area contributed by atoms with Gasteiger partial charge in [-0.2, -0.15) is 0 Å². The summed E-state index contributed by atoms with van der Waals surface area (Å²) in [7, 11) is 0. The highest BCUT2D eigenvalue weighted by Gasteiger charge is 2.51. The standard InChI is InChI=1S/C24H24N2O5/c27-22(26-14-9-10-21(26)19(11-14)23(28)29)12-25-24(30)31-13-20-17-7-3-1-5-15(17)16-6-2-4-8-18(16)20/h1-8,14,19-21H,9-13H2,(H,25,30)(H,28,29)/t14-,19+,21+/m0/s1. The number of alkyl carbamates (subject to hydrolysis) is 1. The lowest BCUT2D eigenvalue weighted by atomic mass is 9.89. The molecule has 7 heteroatoms. The number of carboxylic acid groups (broad SMARTS) is 1. The van der Waals surface area contributed by atoms with Crippen LogP contribution in [0.4, 0.5) is 4.79 Å². The second-order valence-electron chi connectivity index (χ2n) is 8.46. The molecule has 0 unspecified atom stereocenters. The Morgan fingerprint density at radius 1 is 1.00 bits per heavy atom. The maximum Gasteiger partial charge on any atom is 0.407 e. The number of carbonyl (C=O) groups excluding carboxylic acids is 2. The summed E-state index contributed by atoms with van der Waals surface area (Å²) < 4.78 is 5.47. The third-order valence-corrected chi connectivity index (χ3v) is 6.87. The van der Waals surface area contributed by atoms with Crippen LogP contribution < -0.4 is 5.32 Å². The van der Waals surface area contributed by atoms with Gasteiger partial charge in [0.25, 0.3) is 0 Å². The van der Waals surface area contributed by atoms with E-state index in [1.807, 2.05) is 36.4 Å². The smallest absolute Gasteiger partial charge is 0.407 e. The molecule has 0 aromatic heterocycles. The summed E-state index contributed by atoms with van der Waals surface area (Å²) in [4.78, 5) is 38.0. The van der Waals surface area contributed by atoms with Gasteiger partial charge in [-0.25, -0.2) is 4.79 Å². The van der Waals surface area contributed by atoms with Crippen molar-refractivity contribution in [2.75, 3.05) is 13.2 Å². The molecule has 2 aromatic rings. The van der Waals surface area contributed by atoms with Crippen LogP contribution in [-0.4, -0.2) is 53.2 Å². The molecule has 31 heavy (non-hydrogen) atoms. The number of fused-ring (bicyclic) bond motifs is 5. The molecule has 7 nitrogen and oxygen atoms in total. The number of nitrogens with zero attached hydrogens (tertiary/aromatic N) is 1. The fourth-order valence-corrected chi connectivity index (χ4v) is 5.53. The fraction of sp³-hybridized carbons (Fsp3) is 0.375. The molecule has 1 aliphatic carbocycles. The van der Waals surface area contributed by atoms with Gasteiger partial charge in [-0.3, -0.25) is 9.59 Å². The van der Waals surface area contributed by atoms with Crippen LogP contribution in [-0.2, 0) is 14.3 Å². The highest BCUT2D eigenvalue weighted by molar-refractivity contribution is 5.85. The number of hydrogen-bond acceptors (Lipinski definition) is 4. The summed E-state index contributed by atoms with van der Waals surface area (Å²) in [6.45, 7) is 0.000115. The van der Waals surface area contributed by atoms with Crippen LogP contribution in [0.2, 0.25) is 0 Å². The van der Waals surface area contributed by atoms with Crippen molar-refractivity contribution in [2.45, 2.75) is 37.3 Å². The average molecular weight is 420 g/mol. The molecule has 0 radical (unpaired) electrons. The number of carbonyl (C=O) groups is 3. The zero-order chi connectivity index (χ0) is 21.5. The van der Waals surface area contributed by atoms with Gasteiger partial charge in [0.15, 0.2) is 0 Å². The molecule has 2 aliphatic heterocycles. The van der Waals surface area contributed by atoms with Crippen molar-refractivity contribution in [3.8, 4) is 11.1 Å². The van der Waals surface area contributed by atoms with E-state index in [4.69, 9.17) is 4.74 Å². The van der Waals surface area contributed by atoms with Crippen molar-refractivity contribution in [1.29, 1.82) is 0 Å². The van der Waals surface area contributed by atoms with Gasteiger partial charge in [-0.05, 0) is 41.5 Å². The first-order valence-corrected chi connectivity index (χ1v) is 10.7. The largest absolute Gasteiger partial charge is 0.481 e. The molecular formula is C24H24N2O5. The summed E-state index contributed by atoms with van der Waals surface area (Å²) >= 11 is 0. The van der Waals surface area contributed by atoms with E-state index in [-0.39, 0.29) is 37.1 Å². The van der Waals surface area contributed by atoms with E-state index in [1.165, 1.54) is 0 Å². The molecule has 0 spiro atoms. The predicted molar refractivity (Wildman–Crippen MR) is 112 cm³/mol. The van der Waals surface area contributed by atoms with Gasteiger partial charge in [0, 0.05) is 18.0 Å². The molecule has 5 rings (SSSR count). The molecule has 2 heterocycles. The normalized spacial score (nSPS) is 23.4. The Labute approximate surface area is 180 Å². The van der Waals surface area contributed by atoms with E-state index in [1.54, 1.807) is 4.90 Å². The summed E-state index contributed by atoms with van der Waals surface area (Å²) in [5, 5.41) is 11.9. The molecule has 3 atom stereocenters. The van der Waals surface area contributed by atoms with E-state index >= 15 is 0 Å². The van der Waals surface area contributed by atoms with Gasteiger partial charge < -0.3 is 20.1 Å². The van der Waals surface area contributed by atoms with E-state index in [9.17, 15) is 19.5 Å². The van der Waals surface area contributed by atoms with Crippen molar-refractivity contribution >= 4 is 18.0 Å². The predicted octanol–water partition coefficient (Wildman–Crippen LogP) is 2.99. The fourth-order valence-electron chi connectivity index (χ4n) is 5.53. The first-order valence-electron chi connectivity index (χ1n) is 10.7. The lowest BCUT2D eigenvalue weighted by Crippen LogP contribution is -2.44. The summed E-state index contributed by atoms with van der Waals surface area (Å²) in [6, 6.07) is 15.9. The molecule has 0 saturated carbocycles. The van der Waals surface area contributed by atoms with Gasteiger partial charge in [0.2, 0.25) is 5.91 Å². The maximum atomic E-state index is 12.6. The van der Waals surface area contributed by atoms with Gasteiger partial charge in [-0.1, -0.05) is 48.5 Å². The average Bonchev–Trinajstić information content (AvgIpc) is 3.46. The number of nitrogens with one attached hydrogen (secondary N) is 1. The van der Waals surface area contributed by atoms with Crippen LogP contribution >= 0.6 is 0 Å². The Balaban J connectivity index is 1.18. The number of aliphatic carboxylic acids is 1. The Kier molecular flexibility index (Phi) is 4.88. The third kappa shape index (κ3) is 3.34. The molecule has 2 fully saturated rings. The second kappa shape index (κ2) is 7.72. The first kappa shape index (κ1) is 19.6. The summed E-state index contributed by atoms with van der Waals surface area (Å²) in [5.41, 5.74) is 4.56. The molecule has 2 amide bonds. The minimum Gasteiger partial charge on any atom is -0.481 e. The van der Waals surface area contributed by atoms with Gasteiger partial charge in [-0.15, -0.1) is 0 Å². The van der Waals surface area contributed by atoms with Crippen LogP contribution in [0, 0.1) is 5.92 Å². The Hall–Kier alpha value is -3.35. The Morgan fingerprint density at radius 3 is 2.26 bits per heavy atom. The van der Waals surface area contributed by atoms with Crippen molar-refractivity contribution in [2.24, 2.45) is 5.92 Å². The Bertz CT molecular complexity index is 1010. The van der Waals surface area contributed by atoms with E-state index in [2.05, 4.69) is 17.4 Å². The van der Waals surface area contributed by atoms with Crippen molar-refractivity contribution in [1.82, 2.24) is 10.2 Å². The molecule has 2 bridgehead atoms. The van der Waals surface area contributed by atoms with Gasteiger partial charge in [0.05, 0.1) is 5.92 Å². The lowest BCUT2D eigenvalue weighted by molar-refractivity contribution is -0.143. The molecular weight excluding hydrogens is 396 g/mol. The van der Waals surface area contributed by atoms with E-state index in [0.717, 1.165) is 28.7 Å². The molecule has 3 aliphatic rings. The minimum absolute atomic E-state index is 0.0390. The maximum absolute atomic E-state index is 12.6. The molecule has 2 aromatic carbocycles. The van der Waals surface area contributed by atoms with Crippen molar-refractivity contribution in [3.63, 3.8) is 0 Å². The zero-order valence-electron chi connectivity index (χ0n) is 17.0.